The lowest BCUT2D eigenvalue weighted by Gasteiger charge is -2.10. The van der Waals surface area contributed by atoms with Gasteiger partial charge in [0.25, 0.3) is 0 Å². The number of rotatable bonds is 3. The molecule has 1 atom stereocenters. The molecule has 0 bridgehead atoms. The van der Waals surface area contributed by atoms with Gasteiger partial charge in [-0.25, -0.2) is 0 Å². The number of aromatic nitrogens is 2. The van der Waals surface area contributed by atoms with Gasteiger partial charge in [0, 0.05) is 39.7 Å². The normalized spacial score (nSPS) is 14.1. The molecule has 2 aromatic heterocycles. The van der Waals surface area contributed by atoms with Gasteiger partial charge in [0.05, 0.1) is 11.0 Å². The minimum absolute atomic E-state index is 0.197. The molecule has 5 aromatic carbocycles. The molecule has 0 spiro atoms. The van der Waals surface area contributed by atoms with Crippen molar-refractivity contribution < 1.29 is 4.57 Å². The van der Waals surface area contributed by atoms with Crippen molar-refractivity contribution in [3.63, 3.8) is 0 Å². The Morgan fingerprint density at radius 1 is 0.474 bits per heavy atom. The molecule has 2 heteroatoms. The molecule has 1 aliphatic carbocycles. The van der Waals surface area contributed by atoms with Gasteiger partial charge < -0.3 is 4.57 Å². The first-order chi connectivity index (χ1) is 18.9. The Hall–Kier alpha value is -4.95. The zero-order chi connectivity index (χ0) is 25.1. The summed E-state index contributed by atoms with van der Waals surface area (Å²) in [5, 5.41) is 2.56. The quantitative estimate of drug-likeness (QED) is 0.222. The number of fused-ring (bicyclic) bond motifs is 6. The van der Waals surface area contributed by atoms with Crippen molar-refractivity contribution in [3.05, 3.63) is 157 Å². The van der Waals surface area contributed by atoms with Gasteiger partial charge in [0.2, 0.25) is 6.04 Å². The second-order valence-electron chi connectivity index (χ2n) is 10.0. The van der Waals surface area contributed by atoms with Gasteiger partial charge in [-0.05, 0) is 58.7 Å². The standard InChI is InChI=1S/C36H25N2/c1-3-11-27(12-4-1)38-34-16-8-7-14-29(34)33-24-26(18-20-35(33)38)25-17-19-31-32(23-25)28-13-5-6-15-30(28)36(31)37-21-9-2-10-22-37/h1-24,36H/q+1. The van der Waals surface area contributed by atoms with Crippen molar-refractivity contribution in [1.82, 2.24) is 4.57 Å². The van der Waals surface area contributed by atoms with E-state index in [9.17, 15) is 0 Å². The highest BCUT2D eigenvalue weighted by molar-refractivity contribution is 6.10. The summed E-state index contributed by atoms with van der Waals surface area (Å²) in [6.07, 6.45) is 4.34. The van der Waals surface area contributed by atoms with Gasteiger partial charge in [-0.1, -0.05) is 84.9 Å². The van der Waals surface area contributed by atoms with Crippen molar-refractivity contribution in [1.29, 1.82) is 0 Å². The lowest BCUT2D eigenvalue weighted by Crippen LogP contribution is -2.38. The second kappa shape index (κ2) is 8.29. The van der Waals surface area contributed by atoms with E-state index in [-0.39, 0.29) is 6.04 Å². The Labute approximate surface area is 221 Å². The largest absolute Gasteiger partial charge is 0.309 e. The molecule has 0 saturated heterocycles. The maximum absolute atomic E-state index is 2.38. The number of para-hydroxylation sites is 2. The summed E-state index contributed by atoms with van der Waals surface area (Å²) in [5.74, 6) is 0. The van der Waals surface area contributed by atoms with Crippen LogP contribution in [0, 0.1) is 0 Å². The molecule has 7 aromatic rings. The van der Waals surface area contributed by atoms with Crippen LogP contribution in [-0.2, 0) is 0 Å². The molecule has 0 saturated carbocycles. The third-order valence-corrected chi connectivity index (χ3v) is 7.95. The molecule has 0 fully saturated rings. The fourth-order valence-corrected chi connectivity index (χ4v) is 6.27. The predicted octanol–water partition coefficient (Wildman–Crippen LogP) is 8.36. The van der Waals surface area contributed by atoms with Crippen molar-refractivity contribution in [2.45, 2.75) is 6.04 Å². The molecule has 0 aliphatic heterocycles. The van der Waals surface area contributed by atoms with Crippen LogP contribution in [0.3, 0.4) is 0 Å². The smallest absolute Gasteiger partial charge is 0.210 e. The van der Waals surface area contributed by atoms with Crippen molar-refractivity contribution in [2.75, 3.05) is 0 Å². The molecule has 1 unspecified atom stereocenters. The highest BCUT2D eigenvalue weighted by Gasteiger charge is 2.35. The van der Waals surface area contributed by atoms with Crippen LogP contribution in [0.5, 0.6) is 0 Å². The minimum atomic E-state index is 0.197. The molecule has 178 valence electrons. The first-order valence-electron chi connectivity index (χ1n) is 13.1. The van der Waals surface area contributed by atoms with E-state index in [2.05, 4.69) is 155 Å². The summed E-state index contributed by atoms with van der Waals surface area (Å²) in [6, 6.07) is 48.6. The molecule has 0 amide bonds. The fraction of sp³-hybridized carbons (Fsp3) is 0.0278. The van der Waals surface area contributed by atoms with E-state index in [0.29, 0.717) is 0 Å². The van der Waals surface area contributed by atoms with Crippen LogP contribution in [0.2, 0.25) is 0 Å². The zero-order valence-electron chi connectivity index (χ0n) is 20.8. The molecule has 1 aliphatic rings. The SMILES string of the molecule is c1ccc(-n2c3ccccc3c3cc(-c4ccc5c(c4)-c4ccccc4C5[n+]4ccccc4)ccc32)cc1. The fourth-order valence-electron chi connectivity index (χ4n) is 6.27. The van der Waals surface area contributed by atoms with E-state index in [1.807, 2.05) is 0 Å². The Bertz CT molecular complexity index is 1970. The van der Waals surface area contributed by atoms with Crippen molar-refractivity contribution >= 4 is 21.8 Å². The molecule has 2 heterocycles. The summed E-state index contributed by atoms with van der Waals surface area (Å²) in [4.78, 5) is 0. The van der Waals surface area contributed by atoms with Crippen LogP contribution >= 0.6 is 0 Å². The van der Waals surface area contributed by atoms with Crippen LogP contribution in [0.4, 0.5) is 0 Å². The van der Waals surface area contributed by atoms with E-state index >= 15 is 0 Å². The summed E-state index contributed by atoms with van der Waals surface area (Å²) in [7, 11) is 0. The number of hydrogen-bond acceptors (Lipinski definition) is 0. The molecule has 8 rings (SSSR count). The van der Waals surface area contributed by atoms with Gasteiger partial charge in [-0.2, -0.15) is 4.57 Å². The van der Waals surface area contributed by atoms with E-state index in [4.69, 9.17) is 0 Å². The van der Waals surface area contributed by atoms with Crippen LogP contribution in [0.15, 0.2) is 146 Å². The monoisotopic (exact) mass is 485 g/mol. The Kier molecular flexibility index (Phi) is 4.62. The number of benzene rings is 5. The van der Waals surface area contributed by atoms with E-state index in [1.54, 1.807) is 0 Å². The summed E-state index contributed by atoms with van der Waals surface area (Å²) >= 11 is 0. The maximum atomic E-state index is 2.38. The van der Waals surface area contributed by atoms with Crippen LogP contribution in [0.1, 0.15) is 17.2 Å². The lowest BCUT2D eigenvalue weighted by atomic mass is 9.97. The van der Waals surface area contributed by atoms with Gasteiger partial charge in [0.15, 0.2) is 12.4 Å². The van der Waals surface area contributed by atoms with Gasteiger partial charge in [-0.3, -0.25) is 0 Å². The maximum Gasteiger partial charge on any atom is 0.210 e. The Morgan fingerprint density at radius 2 is 1.13 bits per heavy atom. The summed E-state index contributed by atoms with van der Waals surface area (Å²) < 4.78 is 4.68. The van der Waals surface area contributed by atoms with Crippen molar-refractivity contribution in [2.24, 2.45) is 0 Å². The summed E-state index contributed by atoms with van der Waals surface area (Å²) in [6.45, 7) is 0. The molecule has 0 radical (unpaired) electrons. The highest BCUT2D eigenvalue weighted by Crippen LogP contribution is 2.45. The second-order valence-corrected chi connectivity index (χ2v) is 10.0. The van der Waals surface area contributed by atoms with Crippen LogP contribution < -0.4 is 4.57 Å². The minimum Gasteiger partial charge on any atom is -0.309 e. The van der Waals surface area contributed by atoms with Crippen LogP contribution in [-0.4, -0.2) is 4.57 Å². The van der Waals surface area contributed by atoms with Gasteiger partial charge >= 0.3 is 0 Å². The highest BCUT2D eigenvalue weighted by atomic mass is 15.0. The number of hydrogen-bond donors (Lipinski definition) is 0. The molecule has 2 nitrogen and oxygen atoms in total. The van der Waals surface area contributed by atoms with E-state index < -0.39 is 0 Å². The van der Waals surface area contributed by atoms with Crippen LogP contribution in [0.25, 0.3) is 49.7 Å². The third kappa shape index (κ3) is 3.10. The Balaban J connectivity index is 1.31. The van der Waals surface area contributed by atoms with E-state index in [1.165, 1.54) is 60.9 Å². The number of pyridine rings is 1. The summed E-state index contributed by atoms with van der Waals surface area (Å²) in [5.41, 5.74) is 11.5. The van der Waals surface area contributed by atoms with Gasteiger partial charge in [-0.15, -0.1) is 0 Å². The lowest BCUT2D eigenvalue weighted by molar-refractivity contribution is -0.704. The number of nitrogens with zero attached hydrogens (tertiary/aromatic N) is 2. The topological polar surface area (TPSA) is 8.81 Å². The first kappa shape index (κ1) is 21.2. The van der Waals surface area contributed by atoms with E-state index in [0.717, 1.165) is 0 Å². The van der Waals surface area contributed by atoms with Gasteiger partial charge in [0.1, 0.15) is 0 Å². The molecule has 0 N–H and O–H groups in total. The molecule has 38 heavy (non-hydrogen) atoms. The molecular weight excluding hydrogens is 460 g/mol. The third-order valence-electron chi connectivity index (χ3n) is 7.95. The predicted molar refractivity (Wildman–Crippen MR) is 156 cm³/mol. The zero-order valence-corrected chi connectivity index (χ0v) is 20.8. The average molecular weight is 486 g/mol. The average Bonchev–Trinajstić information content (AvgIpc) is 3.50. The first-order valence-corrected chi connectivity index (χ1v) is 13.1. The van der Waals surface area contributed by atoms with Crippen molar-refractivity contribution in [3.8, 4) is 27.9 Å². The molecular formula is C36H25N2+. The Morgan fingerprint density at radius 3 is 2.03 bits per heavy atom.